The molecule has 9 heteroatoms. The van der Waals surface area contributed by atoms with Crippen LogP contribution in [0.15, 0.2) is 46.9 Å². The number of carbonyl (C=O) groups excluding carboxylic acids is 2. The zero-order valence-corrected chi connectivity index (χ0v) is 22.9. The number of sulfonamides is 1. The van der Waals surface area contributed by atoms with E-state index in [1.54, 1.807) is 17.9 Å². The fourth-order valence-corrected chi connectivity index (χ4v) is 5.03. The van der Waals surface area contributed by atoms with Crippen LogP contribution in [0.4, 0.5) is 5.69 Å². The van der Waals surface area contributed by atoms with Gasteiger partial charge in [0.2, 0.25) is 21.8 Å². The van der Waals surface area contributed by atoms with Gasteiger partial charge in [0.15, 0.2) is 0 Å². The van der Waals surface area contributed by atoms with E-state index < -0.39 is 16.1 Å². The highest BCUT2D eigenvalue weighted by atomic mass is 79.9. The third-order valence-electron chi connectivity index (χ3n) is 5.69. The Morgan fingerprint density at radius 3 is 2.38 bits per heavy atom. The van der Waals surface area contributed by atoms with Crippen LogP contribution in [0.5, 0.6) is 0 Å². The van der Waals surface area contributed by atoms with E-state index in [1.807, 2.05) is 57.2 Å². The Kier molecular flexibility index (Phi) is 10.1. The van der Waals surface area contributed by atoms with Crippen LogP contribution in [-0.4, -0.2) is 50.5 Å². The average Bonchev–Trinajstić information content (AvgIpc) is 2.76. The van der Waals surface area contributed by atoms with Gasteiger partial charge in [-0.2, -0.15) is 0 Å². The molecule has 2 aromatic carbocycles. The lowest BCUT2D eigenvalue weighted by Crippen LogP contribution is -2.47. The van der Waals surface area contributed by atoms with Gasteiger partial charge in [-0.05, 0) is 75.1 Å². The molecule has 0 fully saturated rings. The van der Waals surface area contributed by atoms with Crippen molar-refractivity contribution in [2.75, 3.05) is 23.7 Å². The molecule has 1 atom stereocenters. The van der Waals surface area contributed by atoms with Gasteiger partial charge < -0.3 is 10.2 Å². The molecule has 0 saturated carbocycles. The molecule has 2 rings (SSSR count). The topological polar surface area (TPSA) is 86.8 Å². The van der Waals surface area contributed by atoms with Gasteiger partial charge in [-0.15, -0.1) is 0 Å². The number of hydrogen-bond acceptors (Lipinski definition) is 4. The van der Waals surface area contributed by atoms with Crippen LogP contribution in [-0.2, 0) is 26.2 Å². The van der Waals surface area contributed by atoms with Crippen LogP contribution in [0.2, 0.25) is 0 Å². The van der Waals surface area contributed by atoms with Gasteiger partial charge in [0.25, 0.3) is 0 Å². The monoisotopic (exact) mass is 551 g/mol. The molecule has 0 bridgehead atoms. The number of likely N-dealkylation sites (N-methyl/N-ethyl adjacent to an activating group) is 1. The Morgan fingerprint density at radius 1 is 1.09 bits per heavy atom. The lowest BCUT2D eigenvalue weighted by Gasteiger charge is -2.29. The fraction of sp³-hybridized carbons (Fsp3) is 0.440. The summed E-state index contributed by atoms with van der Waals surface area (Å²) < 4.78 is 27.1. The Morgan fingerprint density at radius 2 is 1.79 bits per heavy atom. The first kappa shape index (κ1) is 27.9. The molecule has 0 saturated heterocycles. The van der Waals surface area contributed by atoms with Gasteiger partial charge in [-0.25, -0.2) is 8.42 Å². The zero-order chi connectivity index (χ0) is 25.5. The molecule has 0 heterocycles. The van der Waals surface area contributed by atoms with Crippen molar-refractivity contribution >= 4 is 43.5 Å². The highest BCUT2D eigenvalue weighted by molar-refractivity contribution is 9.10. The zero-order valence-electron chi connectivity index (χ0n) is 20.5. The smallest absolute Gasteiger partial charge is 0.242 e. The third-order valence-corrected chi connectivity index (χ3v) is 7.38. The molecule has 34 heavy (non-hydrogen) atoms. The van der Waals surface area contributed by atoms with E-state index in [1.165, 1.54) is 10.6 Å². The highest BCUT2D eigenvalue weighted by Crippen LogP contribution is 2.22. The van der Waals surface area contributed by atoms with E-state index in [0.717, 1.165) is 21.2 Å². The minimum atomic E-state index is -3.52. The molecular formula is C25H34BrN3O4S. The van der Waals surface area contributed by atoms with Gasteiger partial charge >= 0.3 is 0 Å². The largest absolute Gasteiger partial charge is 0.355 e. The van der Waals surface area contributed by atoms with Gasteiger partial charge in [-0.1, -0.05) is 34.1 Å². The maximum absolute atomic E-state index is 13.2. The quantitative estimate of drug-likeness (QED) is 0.454. The van der Waals surface area contributed by atoms with Gasteiger partial charge in [0.05, 0.1) is 11.9 Å². The summed E-state index contributed by atoms with van der Waals surface area (Å²) in [5, 5.41) is 2.77. The summed E-state index contributed by atoms with van der Waals surface area (Å²) in [6, 6.07) is 12.5. The predicted molar refractivity (Wildman–Crippen MR) is 140 cm³/mol. The molecule has 0 aliphatic carbocycles. The summed E-state index contributed by atoms with van der Waals surface area (Å²) in [6.45, 7) is 8.37. The number of carbonyl (C=O) groups is 2. The van der Waals surface area contributed by atoms with Crippen LogP contribution < -0.4 is 9.62 Å². The average molecular weight is 553 g/mol. The third kappa shape index (κ3) is 7.84. The van der Waals surface area contributed by atoms with Crippen molar-refractivity contribution in [2.24, 2.45) is 0 Å². The molecular weight excluding hydrogens is 518 g/mol. The van der Waals surface area contributed by atoms with Crippen molar-refractivity contribution in [1.82, 2.24) is 10.2 Å². The van der Waals surface area contributed by atoms with Gasteiger partial charge in [0, 0.05) is 30.5 Å². The first-order valence-corrected chi connectivity index (χ1v) is 13.9. The van der Waals surface area contributed by atoms with Gasteiger partial charge in [0.1, 0.15) is 6.04 Å². The molecule has 7 nitrogen and oxygen atoms in total. The molecule has 2 aromatic rings. The Bertz CT molecular complexity index is 1120. The molecule has 0 aliphatic rings. The lowest BCUT2D eigenvalue weighted by atomic mass is 10.1. The number of rotatable bonds is 11. The van der Waals surface area contributed by atoms with Crippen LogP contribution in [0.1, 0.15) is 43.4 Å². The first-order chi connectivity index (χ1) is 15.9. The predicted octanol–water partition coefficient (Wildman–Crippen LogP) is 4.17. The van der Waals surface area contributed by atoms with E-state index in [-0.39, 0.29) is 31.3 Å². The molecule has 0 aromatic heterocycles. The summed E-state index contributed by atoms with van der Waals surface area (Å²) >= 11 is 3.44. The number of halogens is 1. The van der Waals surface area contributed by atoms with E-state index >= 15 is 0 Å². The van der Waals surface area contributed by atoms with E-state index in [9.17, 15) is 18.0 Å². The SMILES string of the molecule is CCNC(=O)[C@H](C)N(Cc1cccc(Br)c1)C(=O)CCCN(c1ccc(C)c(C)c1)S(C)(=O)=O. The van der Waals surface area contributed by atoms with Crippen molar-refractivity contribution in [3.63, 3.8) is 0 Å². The van der Waals surface area contributed by atoms with Crippen molar-refractivity contribution in [2.45, 2.75) is 53.1 Å². The second kappa shape index (κ2) is 12.4. The molecule has 186 valence electrons. The van der Waals surface area contributed by atoms with Crippen LogP contribution >= 0.6 is 15.9 Å². The van der Waals surface area contributed by atoms with E-state index in [0.29, 0.717) is 18.7 Å². The summed E-state index contributed by atoms with van der Waals surface area (Å²) in [5.74, 6) is -0.425. The number of hydrogen-bond donors (Lipinski definition) is 1. The van der Waals surface area contributed by atoms with Crippen molar-refractivity contribution < 1.29 is 18.0 Å². The second-order valence-electron chi connectivity index (χ2n) is 8.43. The second-order valence-corrected chi connectivity index (χ2v) is 11.3. The molecule has 0 unspecified atom stereocenters. The van der Waals surface area contributed by atoms with Crippen LogP contribution in [0, 0.1) is 13.8 Å². The Balaban J connectivity index is 2.17. The minimum Gasteiger partial charge on any atom is -0.355 e. The Hall–Kier alpha value is -2.39. The number of aryl methyl sites for hydroxylation is 2. The minimum absolute atomic E-state index is 0.120. The first-order valence-electron chi connectivity index (χ1n) is 11.3. The molecule has 0 radical (unpaired) electrons. The number of amides is 2. The summed E-state index contributed by atoms with van der Waals surface area (Å²) in [4.78, 5) is 27.3. The van der Waals surface area contributed by atoms with Crippen molar-refractivity contribution in [3.05, 3.63) is 63.6 Å². The van der Waals surface area contributed by atoms with Crippen molar-refractivity contribution in [3.8, 4) is 0 Å². The number of nitrogens with one attached hydrogen (secondary N) is 1. The molecule has 0 aliphatic heterocycles. The van der Waals surface area contributed by atoms with Crippen LogP contribution in [0.3, 0.4) is 0 Å². The normalized spacial score (nSPS) is 12.2. The fourth-order valence-electron chi connectivity index (χ4n) is 3.62. The number of nitrogens with zero attached hydrogens (tertiary/aromatic N) is 2. The number of anilines is 1. The Labute approximate surface area is 211 Å². The van der Waals surface area contributed by atoms with Crippen LogP contribution in [0.25, 0.3) is 0 Å². The van der Waals surface area contributed by atoms with Gasteiger partial charge in [-0.3, -0.25) is 13.9 Å². The summed E-state index contributed by atoms with van der Waals surface area (Å²) in [5.41, 5.74) is 3.56. The van der Waals surface area contributed by atoms with E-state index in [4.69, 9.17) is 0 Å². The lowest BCUT2D eigenvalue weighted by molar-refractivity contribution is -0.140. The standard InChI is InChI=1S/C25H34BrN3O4S/c1-6-27-25(31)20(4)28(17-21-9-7-10-22(26)16-21)24(30)11-8-14-29(34(5,32)33)23-13-12-18(2)19(3)15-23/h7,9-10,12-13,15-16,20H,6,8,11,14,17H2,1-5H3,(H,27,31)/t20-/m0/s1. The summed E-state index contributed by atoms with van der Waals surface area (Å²) in [6.07, 6.45) is 1.62. The highest BCUT2D eigenvalue weighted by Gasteiger charge is 2.26. The molecule has 2 amide bonds. The molecule has 0 spiro atoms. The van der Waals surface area contributed by atoms with E-state index in [2.05, 4.69) is 21.2 Å². The van der Waals surface area contributed by atoms with Crippen molar-refractivity contribution in [1.29, 1.82) is 0 Å². The summed E-state index contributed by atoms with van der Waals surface area (Å²) in [7, 11) is -3.52. The number of benzene rings is 2. The molecule has 1 N–H and O–H groups in total. The maximum Gasteiger partial charge on any atom is 0.242 e. The maximum atomic E-state index is 13.2.